The van der Waals surface area contributed by atoms with Crippen molar-refractivity contribution in [2.45, 2.75) is 167 Å². The van der Waals surface area contributed by atoms with Gasteiger partial charge in [-0.3, -0.25) is 9.59 Å². The summed E-state index contributed by atoms with van der Waals surface area (Å²) < 4.78 is 10.1. The Morgan fingerprint density at radius 1 is 0.473 bits per heavy atom. The molecule has 91 heavy (non-hydrogen) atoms. The van der Waals surface area contributed by atoms with Crippen molar-refractivity contribution in [2.75, 3.05) is 14.2 Å². The van der Waals surface area contributed by atoms with Gasteiger partial charge in [0, 0.05) is 24.5 Å². The summed E-state index contributed by atoms with van der Waals surface area (Å²) in [5.41, 5.74) is 12.7. The van der Waals surface area contributed by atoms with E-state index < -0.39 is 11.9 Å². The number of allylic oxidation sites excluding steroid dienone is 12. The number of benzene rings is 4. The van der Waals surface area contributed by atoms with Crippen LogP contribution in [0.2, 0.25) is 0 Å². The number of hydrogen-bond acceptors (Lipinski definition) is 7. The van der Waals surface area contributed by atoms with Gasteiger partial charge in [-0.05, 0) is 235 Å². The normalized spacial score (nSPS) is 28.4. The van der Waals surface area contributed by atoms with Gasteiger partial charge in [0.25, 0.3) is 0 Å². The molecule has 490 valence electrons. The molecule has 0 unspecified atom stereocenters. The first-order valence-corrected chi connectivity index (χ1v) is 32.6. The van der Waals surface area contributed by atoms with E-state index in [0.29, 0.717) is 82.2 Å². The molecule has 0 amide bonds. The Hall–Kier alpha value is -7.36. The fraction of sp³-hybridized carbons (Fsp3) is 0.463. The smallest absolute Gasteiger partial charge is 0.335 e. The van der Waals surface area contributed by atoms with E-state index in [-0.39, 0.29) is 30.7 Å². The number of ether oxygens (including phenoxy) is 2. The number of aliphatic carboxylic acids is 1. The minimum Gasteiger partial charge on any atom is -0.497 e. The lowest BCUT2D eigenvalue weighted by molar-refractivity contribution is -0.131. The lowest BCUT2D eigenvalue weighted by Gasteiger charge is -2.19. The molecule has 0 heterocycles. The first kappa shape index (κ1) is 74.4. The third-order valence-corrected chi connectivity index (χ3v) is 19.7. The van der Waals surface area contributed by atoms with E-state index >= 15 is 0 Å². The molecule has 9 atom stereocenters. The summed E-state index contributed by atoms with van der Waals surface area (Å²) in [5.74, 6) is 4.50. The zero-order chi connectivity index (χ0) is 65.9. The number of hydrogen-bond donors (Lipinski definition) is 3. The van der Waals surface area contributed by atoms with E-state index in [0.717, 1.165) is 73.5 Å². The zero-order valence-corrected chi connectivity index (χ0v) is 56.4. The van der Waals surface area contributed by atoms with Crippen molar-refractivity contribution in [3.8, 4) is 11.5 Å². The molecule has 3 N–H and O–H groups in total. The van der Waals surface area contributed by atoms with Crippen LogP contribution >= 0.6 is 0 Å². The first-order valence-electron chi connectivity index (χ1n) is 32.6. The van der Waals surface area contributed by atoms with E-state index in [1.807, 2.05) is 91.0 Å². The van der Waals surface area contributed by atoms with E-state index in [9.17, 15) is 24.3 Å². The number of fused-ring (bicyclic) bond motifs is 3. The average molecular weight is 1240 g/mol. The number of aromatic carboxylic acids is 1. The number of carboxylic acids is 2. The van der Waals surface area contributed by atoms with Crippen LogP contribution in [0.1, 0.15) is 193 Å². The van der Waals surface area contributed by atoms with Gasteiger partial charge in [-0.2, -0.15) is 0 Å². The van der Waals surface area contributed by atoms with Crippen molar-refractivity contribution in [2.24, 2.45) is 63.6 Å². The van der Waals surface area contributed by atoms with E-state index in [1.54, 1.807) is 31.4 Å². The number of rotatable bonds is 12. The molecular weight excluding hydrogens is 1130 g/mol. The molecule has 0 spiro atoms. The van der Waals surface area contributed by atoms with Gasteiger partial charge in [0.2, 0.25) is 0 Å². The summed E-state index contributed by atoms with van der Waals surface area (Å²) >= 11 is 0. The minimum absolute atomic E-state index is 0. The Labute approximate surface area is 547 Å². The molecule has 6 aliphatic rings. The van der Waals surface area contributed by atoms with Crippen LogP contribution in [0.25, 0.3) is 12.2 Å². The number of ketones is 2. The van der Waals surface area contributed by atoms with E-state index in [4.69, 9.17) is 19.7 Å². The molecule has 10 rings (SSSR count). The first-order chi connectivity index (χ1) is 42.6. The number of aliphatic hydroxyl groups is 1. The fourth-order valence-electron chi connectivity index (χ4n) is 14.3. The standard InChI is InChI=1S/C25H32O.C24H32O2.C15H24O.C9H8O2.C8H8O3.CH4/c1-18-9-8-10-19(2)16-23-24(25(23,3)4)21(15-18)17-22(26)14-13-20-11-6-5-7-12-20;1-16-7-6-8-17(2)14-21-23(24(21,3)4)19(13-16)15-22(25)18-9-11-20(26-5)12-10-18;1-10-6-5-7-11(2)9-13(16)14-12(8-10)15(14,3)4;10-9(11)7-6-8-4-2-1-3-5-8;1-11-7-4-2-6(3-5-7)8(9)10;/h5-7,9,11-14,16,21,23-24H,8,10,15,17H2,1-4H3;7,9-12,14,19,21,23H,6,8,13,15H2,1-5H3;7-8,12-14,16H,5-6,9H2,1-4H3;1-7H,(H,10,11);2-5H,1H3,(H,9,10);1H4/b14-13+,18-9+,19-16+;16-7+,17-14+;10-8+,11-7+;7-6+;;/t21-,23+,24+;19-,21+,23+;12-,13-,14+;;;/m110.../s1. The Balaban J connectivity index is 0.000000216. The largest absolute Gasteiger partial charge is 0.497 e. The Morgan fingerprint density at radius 3 is 1.23 bits per heavy atom. The van der Waals surface area contributed by atoms with Gasteiger partial charge >= 0.3 is 11.9 Å². The summed E-state index contributed by atoms with van der Waals surface area (Å²) in [4.78, 5) is 46.0. The van der Waals surface area contributed by atoms with Crippen molar-refractivity contribution < 1.29 is 44.0 Å². The van der Waals surface area contributed by atoms with Crippen LogP contribution in [0, 0.1) is 63.6 Å². The molecule has 9 heteroatoms. The highest BCUT2D eigenvalue weighted by atomic mass is 16.5. The quantitative estimate of drug-likeness (QED) is 0.0716. The highest BCUT2D eigenvalue weighted by molar-refractivity contribution is 5.96. The van der Waals surface area contributed by atoms with Crippen LogP contribution < -0.4 is 9.47 Å². The maximum atomic E-state index is 12.9. The van der Waals surface area contributed by atoms with Gasteiger partial charge in [0.05, 0.1) is 25.9 Å². The fourth-order valence-corrected chi connectivity index (χ4v) is 14.3. The van der Waals surface area contributed by atoms with E-state index in [1.165, 1.54) is 65.5 Å². The molecule has 6 aliphatic carbocycles. The van der Waals surface area contributed by atoms with Crippen LogP contribution in [0.3, 0.4) is 0 Å². The number of aliphatic hydroxyl groups excluding tert-OH is 1. The summed E-state index contributed by atoms with van der Waals surface area (Å²) in [7, 11) is 3.19. The molecule has 4 aromatic carbocycles. The maximum absolute atomic E-state index is 12.9. The lowest BCUT2D eigenvalue weighted by atomic mass is 9.85. The highest BCUT2D eigenvalue weighted by Gasteiger charge is 2.61. The Morgan fingerprint density at radius 2 is 0.835 bits per heavy atom. The molecule has 3 saturated carbocycles. The number of methoxy groups -OCH3 is 2. The monoisotopic (exact) mass is 1240 g/mol. The molecule has 9 nitrogen and oxygen atoms in total. The van der Waals surface area contributed by atoms with Gasteiger partial charge in [-0.1, -0.05) is 186 Å². The van der Waals surface area contributed by atoms with Crippen molar-refractivity contribution >= 4 is 35.7 Å². The molecule has 0 saturated heterocycles. The Bertz CT molecular complexity index is 3290. The maximum Gasteiger partial charge on any atom is 0.335 e. The summed E-state index contributed by atoms with van der Waals surface area (Å²) in [5, 5.41) is 27.1. The van der Waals surface area contributed by atoms with Gasteiger partial charge in [0.15, 0.2) is 11.6 Å². The number of carbonyl (C=O) groups is 4. The predicted octanol–water partition coefficient (Wildman–Crippen LogP) is 20.4. The number of Topliss-reactive ketones (excluding diaryl/α,β-unsaturated/α-hetero) is 1. The second kappa shape index (κ2) is 34.3. The zero-order valence-electron chi connectivity index (χ0n) is 56.4. The molecule has 0 bridgehead atoms. The van der Waals surface area contributed by atoms with Crippen LogP contribution in [0.4, 0.5) is 0 Å². The lowest BCUT2D eigenvalue weighted by Crippen LogP contribution is -2.14. The van der Waals surface area contributed by atoms with Gasteiger partial charge < -0.3 is 24.8 Å². The van der Waals surface area contributed by atoms with Crippen LogP contribution in [0.15, 0.2) is 191 Å². The highest BCUT2D eigenvalue weighted by Crippen LogP contribution is 2.66. The Kier molecular flexibility index (Phi) is 28.1. The summed E-state index contributed by atoms with van der Waals surface area (Å²) in [6, 6.07) is 33.2. The van der Waals surface area contributed by atoms with Gasteiger partial charge in [-0.15, -0.1) is 0 Å². The molecule has 3 fully saturated rings. The molecular formula is C82H108O9. The number of carbonyl (C=O) groups excluding carboxylic acids is 2. The minimum atomic E-state index is -0.923. The van der Waals surface area contributed by atoms with Crippen molar-refractivity contribution in [1.82, 2.24) is 0 Å². The van der Waals surface area contributed by atoms with Crippen LogP contribution in [0.5, 0.6) is 11.5 Å². The van der Waals surface area contributed by atoms with Crippen LogP contribution in [-0.2, 0) is 9.59 Å². The van der Waals surface area contributed by atoms with E-state index in [2.05, 4.69) is 120 Å². The third-order valence-electron chi connectivity index (χ3n) is 19.7. The second-order valence-corrected chi connectivity index (χ2v) is 28.0. The van der Waals surface area contributed by atoms with Crippen molar-refractivity contribution in [3.63, 3.8) is 0 Å². The topological polar surface area (TPSA) is 147 Å². The molecule has 0 aromatic heterocycles. The van der Waals surface area contributed by atoms with Crippen LogP contribution in [-0.4, -0.2) is 59.1 Å². The SMILES string of the molecule is C.C/C1=C\[C@H]2[C@H]([C@@H](CC(=O)/C=C/c3ccccc3)C/C(C)=C/CC1)C2(C)C.C/C1=C\[C@H]2[C@H]([C@@H](O)C/C(C)=C/CC1)C2(C)C.COc1ccc(C(=O)C[C@H]2C/C(C)=C/CC/C(C)=C/[C@H]3[C@H]2C3(C)C)cc1.COc1ccc(C(=O)O)cc1.O=C(O)/C=C/c1ccccc1. The average Bonchev–Trinajstić information content (AvgIpc) is 1.62. The van der Waals surface area contributed by atoms with Gasteiger partial charge in [-0.25, -0.2) is 9.59 Å². The van der Waals surface area contributed by atoms with Crippen molar-refractivity contribution in [1.29, 1.82) is 0 Å². The second-order valence-electron chi connectivity index (χ2n) is 28.0. The summed E-state index contributed by atoms with van der Waals surface area (Å²) in [6.45, 7) is 27.4. The molecule has 0 aliphatic heterocycles. The van der Waals surface area contributed by atoms with Crippen molar-refractivity contribution in [3.05, 3.63) is 213 Å². The predicted molar refractivity (Wildman–Crippen MR) is 376 cm³/mol. The third kappa shape index (κ3) is 22.5. The molecule has 4 aromatic rings. The molecule has 0 radical (unpaired) electrons. The summed E-state index contributed by atoms with van der Waals surface area (Å²) in [6.07, 6.45) is 31.8. The van der Waals surface area contributed by atoms with Gasteiger partial charge in [0.1, 0.15) is 11.5 Å². The number of carboxylic acid groups (broad SMARTS) is 2.